The van der Waals surface area contributed by atoms with Gasteiger partial charge in [0.2, 0.25) is 0 Å². The molecule has 20 atom stereocenters. The van der Waals surface area contributed by atoms with Crippen LogP contribution >= 0.6 is 0 Å². The number of esters is 4. The van der Waals surface area contributed by atoms with E-state index in [1.807, 2.05) is 13.8 Å². The van der Waals surface area contributed by atoms with E-state index >= 15 is 0 Å². The van der Waals surface area contributed by atoms with Crippen molar-refractivity contribution < 1.29 is 76.1 Å². The van der Waals surface area contributed by atoms with Crippen LogP contribution in [0.2, 0.25) is 18.1 Å². The summed E-state index contributed by atoms with van der Waals surface area (Å²) in [7, 11) is -2.41. The van der Waals surface area contributed by atoms with E-state index in [2.05, 4.69) is 47.7 Å². The van der Waals surface area contributed by atoms with Crippen LogP contribution in [0.1, 0.15) is 153 Å². The largest absolute Gasteiger partial charge is 0.459 e. The molecule has 0 aromatic rings. The Hall–Kier alpha value is -2.48. The molecule has 7 fully saturated rings. The predicted octanol–water partition coefficient (Wildman–Crippen LogP) is 7.99. The van der Waals surface area contributed by atoms with Crippen molar-refractivity contribution in [1.82, 2.24) is 0 Å². The van der Waals surface area contributed by atoms with Gasteiger partial charge in [-0.1, -0.05) is 34.6 Å². The molecule has 0 spiro atoms. The molecule has 4 aliphatic heterocycles. The Morgan fingerprint density at radius 3 is 1.77 bits per heavy atom. The van der Waals surface area contributed by atoms with Gasteiger partial charge in [-0.25, -0.2) is 4.79 Å². The summed E-state index contributed by atoms with van der Waals surface area (Å²) in [6, 6.07) is 0. The van der Waals surface area contributed by atoms with Crippen molar-refractivity contribution in [3.63, 3.8) is 0 Å². The quantitative estimate of drug-likeness (QED) is 0.0856. The van der Waals surface area contributed by atoms with Crippen molar-refractivity contribution in [2.75, 3.05) is 6.61 Å². The third-order valence-electron chi connectivity index (χ3n) is 18.9. The average molecular weight is 1010 g/mol. The van der Waals surface area contributed by atoms with Crippen LogP contribution in [0.4, 0.5) is 0 Å². The van der Waals surface area contributed by atoms with Gasteiger partial charge in [0, 0.05) is 51.5 Å². The lowest BCUT2D eigenvalue weighted by molar-refractivity contribution is -0.335. The van der Waals surface area contributed by atoms with Gasteiger partial charge < -0.3 is 56.9 Å². The first-order valence-corrected chi connectivity index (χ1v) is 29.3. The highest BCUT2D eigenvalue weighted by molar-refractivity contribution is 6.74. The second kappa shape index (κ2) is 20.3. The number of fused-ring (bicyclic) bond motifs is 5. The Balaban J connectivity index is 0.911. The van der Waals surface area contributed by atoms with Gasteiger partial charge in [-0.05, 0) is 131 Å². The normalized spacial score (nSPS) is 45.3. The number of ether oxygens (including phenoxy) is 10. The van der Waals surface area contributed by atoms with Crippen LogP contribution in [0.3, 0.4) is 0 Å². The zero-order chi connectivity index (χ0) is 50.9. The lowest BCUT2D eigenvalue weighted by atomic mass is 9.43. The van der Waals surface area contributed by atoms with Crippen LogP contribution in [0.25, 0.3) is 0 Å². The maximum absolute atomic E-state index is 12.7. The topological polar surface area (TPSA) is 190 Å². The van der Waals surface area contributed by atoms with Gasteiger partial charge in [-0.15, -0.1) is 0 Å². The third-order valence-corrected chi connectivity index (χ3v) is 23.5. The van der Waals surface area contributed by atoms with Crippen LogP contribution in [-0.4, -0.2) is 129 Å². The van der Waals surface area contributed by atoms with E-state index in [1.54, 1.807) is 13.0 Å². The highest BCUT2D eigenvalue weighted by atomic mass is 28.4. The number of hydrogen-bond donors (Lipinski definition) is 1. The van der Waals surface area contributed by atoms with E-state index in [1.165, 1.54) is 20.8 Å². The Kier molecular flexibility index (Phi) is 15.6. The van der Waals surface area contributed by atoms with Crippen molar-refractivity contribution in [1.29, 1.82) is 0 Å². The first-order chi connectivity index (χ1) is 32.7. The summed E-state index contributed by atoms with van der Waals surface area (Å²) in [4.78, 5) is 48.9. The molecule has 1 N–H and O–H groups in total. The number of rotatable bonds is 12. The molecule has 0 aromatic carbocycles. The van der Waals surface area contributed by atoms with Crippen molar-refractivity contribution >= 4 is 32.2 Å². The highest BCUT2D eigenvalue weighted by Crippen LogP contribution is 2.70. The van der Waals surface area contributed by atoms with Crippen LogP contribution in [0, 0.1) is 34.5 Å². The van der Waals surface area contributed by atoms with E-state index in [9.17, 15) is 24.3 Å². The molecular weight excluding hydrogens is 921 g/mol. The Morgan fingerprint density at radius 2 is 1.21 bits per heavy atom. The van der Waals surface area contributed by atoms with Crippen molar-refractivity contribution in [3.8, 4) is 0 Å². The fourth-order valence-electron chi connectivity index (χ4n) is 14.4. The molecular formula is C53H84O16Si. The molecule has 396 valence electrons. The molecule has 0 radical (unpaired) electrons. The predicted molar refractivity (Wildman–Crippen MR) is 256 cm³/mol. The summed E-state index contributed by atoms with van der Waals surface area (Å²) in [5.74, 6) is -0.434. The molecule has 4 aliphatic carbocycles. The average Bonchev–Trinajstić information content (AvgIpc) is 3.79. The fraction of sp³-hybridized carbons (Fsp3) is 0.887. The van der Waals surface area contributed by atoms with Crippen LogP contribution in [-0.2, 0) is 71.0 Å². The number of hydrogen-bond acceptors (Lipinski definition) is 16. The Morgan fingerprint density at radius 1 is 0.671 bits per heavy atom. The molecule has 16 nitrogen and oxygen atoms in total. The SMILES string of the molecule is CC(=O)O[C@@H]1[C@H](C)O[C@@H](O[C@@H]2[C@H](C)O[C@@H](O[C@@H]3[C@H](C)O[C@@H](O[C@H]4CC[C@@]5(C)[C@H](CC[C@@H]6[C@@H]5CC[C@]5(C)[C@@H](C7=CC(=O)OC7)CC[C@]65O)C4)C[C@@H]3OC(C)=O)C[C@@H]2O[Si](C)(C)C(C)(C)C)C[C@@H]1OC(C)=O. The molecule has 0 aromatic heterocycles. The van der Waals surface area contributed by atoms with Crippen LogP contribution < -0.4 is 0 Å². The van der Waals surface area contributed by atoms with Gasteiger partial charge in [-0.3, -0.25) is 14.4 Å². The molecule has 0 amide bonds. The Labute approximate surface area is 416 Å². The number of carbonyl (C=O) groups excluding carboxylic acids is 4. The van der Waals surface area contributed by atoms with E-state index < -0.39 is 106 Å². The molecule has 70 heavy (non-hydrogen) atoms. The van der Waals surface area contributed by atoms with Gasteiger partial charge in [0.1, 0.15) is 31.0 Å². The zero-order valence-electron chi connectivity index (χ0n) is 44.2. The molecule has 4 heterocycles. The summed E-state index contributed by atoms with van der Waals surface area (Å²) in [6.07, 6.45) is 2.96. The maximum Gasteiger partial charge on any atom is 0.331 e. The Bertz CT molecular complexity index is 1970. The molecule has 4 saturated carbocycles. The van der Waals surface area contributed by atoms with Gasteiger partial charge in [-0.2, -0.15) is 0 Å². The maximum atomic E-state index is 12.7. The van der Waals surface area contributed by atoms with E-state index in [4.69, 9.17) is 51.8 Å². The van der Waals surface area contributed by atoms with Gasteiger partial charge in [0.25, 0.3) is 0 Å². The summed E-state index contributed by atoms with van der Waals surface area (Å²) in [5, 5.41) is 12.6. The second-order valence-electron chi connectivity index (χ2n) is 24.3. The summed E-state index contributed by atoms with van der Waals surface area (Å²) < 4.78 is 69.4. The summed E-state index contributed by atoms with van der Waals surface area (Å²) in [6.45, 7) is 25.6. The van der Waals surface area contributed by atoms with E-state index in [0.29, 0.717) is 31.3 Å². The van der Waals surface area contributed by atoms with Crippen LogP contribution in [0.15, 0.2) is 11.6 Å². The number of aliphatic hydroxyl groups is 1. The minimum absolute atomic E-state index is 0.0254. The molecule has 8 rings (SSSR count). The zero-order valence-corrected chi connectivity index (χ0v) is 45.2. The summed E-state index contributed by atoms with van der Waals surface area (Å²) >= 11 is 0. The lowest BCUT2D eigenvalue weighted by Crippen LogP contribution is -2.62. The minimum atomic E-state index is -2.41. The highest BCUT2D eigenvalue weighted by Gasteiger charge is 2.68. The number of carbonyl (C=O) groups is 4. The minimum Gasteiger partial charge on any atom is -0.459 e. The van der Waals surface area contributed by atoms with Crippen molar-refractivity contribution in [3.05, 3.63) is 11.6 Å². The first kappa shape index (κ1) is 53.8. The van der Waals surface area contributed by atoms with Crippen molar-refractivity contribution in [2.24, 2.45) is 34.5 Å². The van der Waals surface area contributed by atoms with Crippen LogP contribution in [0.5, 0.6) is 0 Å². The van der Waals surface area contributed by atoms with E-state index in [-0.39, 0.29) is 46.2 Å². The van der Waals surface area contributed by atoms with E-state index in [0.717, 1.165) is 63.4 Å². The van der Waals surface area contributed by atoms with Gasteiger partial charge in [0.15, 0.2) is 33.3 Å². The molecule has 17 heteroatoms. The molecule has 0 unspecified atom stereocenters. The number of cyclic esters (lactones) is 1. The molecule has 8 aliphatic rings. The third kappa shape index (κ3) is 10.6. The van der Waals surface area contributed by atoms with Crippen molar-refractivity contribution in [2.45, 2.75) is 257 Å². The smallest absolute Gasteiger partial charge is 0.331 e. The van der Waals surface area contributed by atoms with Gasteiger partial charge in [0.05, 0.1) is 36.1 Å². The second-order valence-corrected chi connectivity index (χ2v) is 29.1. The molecule has 3 saturated heterocycles. The lowest BCUT2D eigenvalue weighted by Gasteiger charge is -2.64. The monoisotopic (exact) mass is 1000 g/mol. The van der Waals surface area contributed by atoms with Gasteiger partial charge >= 0.3 is 23.9 Å². The first-order valence-electron chi connectivity index (χ1n) is 26.4. The summed E-state index contributed by atoms with van der Waals surface area (Å²) in [5.41, 5.74) is 0.104. The standard InChI is InChI=1S/C53H84O16Si/c1-28-47(65-33(6)56)40(63-31(4)54)25-45(61-28)68-49-30(3)62-46(26-42(49)69-70(12,13)50(7,8)9)67-48-29(2)60-44(24-41(48)64-32(5)55)66-36-16-19-51(10)35(23-36)14-15-39-38(51)17-20-52(11)37(18-21-53(39,52)58)34-22-43(57)59-27-34/h22,28-30,35-42,44-49,58H,14-21,23-27H2,1-13H3/t28-,29-,30-,35+,36-,37+,38-,39+,40-,41-,42-,44-,45-,46-,47+,48+,49+,51-,52+,53-/m0/s1. The molecule has 0 bridgehead atoms. The fourth-order valence-corrected chi connectivity index (χ4v) is 15.7.